The van der Waals surface area contributed by atoms with Crippen LogP contribution in [0, 0.1) is 0 Å². The molecule has 0 fully saturated rings. The fraction of sp³-hybridized carbons (Fsp3) is 0.667. The molecule has 1 atom stereocenters. The first-order valence-corrected chi connectivity index (χ1v) is 2.83. The van der Waals surface area contributed by atoms with Crippen LogP contribution in [-0.2, 0) is 9.22 Å². The Morgan fingerprint density at radius 1 is 2.00 bits per heavy atom. The first-order valence-electron chi connectivity index (χ1n) is 2.02. The van der Waals surface area contributed by atoms with Crippen molar-refractivity contribution in [3.8, 4) is 0 Å². The molecule has 0 aliphatic heterocycles. The van der Waals surface area contributed by atoms with Crippen molar-refractivity contribution in [1.29, 1.82) is 0 Å². The van der Waals surface area contributed by atoms with Gasteiger partial charge in [0.15, 0.2) is 0 Å². The Bertz CT molecular complexity index is 73.3. The second-order valence-corrected chi connectivity index (χ2v) is 1.72. The van der Waals surface area contributed by atoms with Crippen molar-refractivity contribution in [3.05, 3.63) is 0 Å². The molecule has 2 N–H and O–H groups in total. The van der Waals surface area contributed by atoms with Crippen LogP contribution in [0.2, 0.25) is 0 Å². The molecule has 0 spiro atoms. The van der Waals surface area contributed by atoms with Crippen molar-refractivity contribution in [3.63, 3.8) is 0 Å². The molecule has 0 bridgehead atoms. The largest absolute Gasteiger partial charge is 0.528 e. The van der Waals surface area contributed by atoms with E-state index < -0.39 is 6.04 Å². The molecule has 0 radical (unpaired) electrons. The van der Waals surface area contributed by atoms with E-state index in [1.54, 1.807) is 6.92 Å². The number of nitrogens with two attached hydrogens (primary N) is 1. The van der Waals surface area contributed by atoms with Crippen LogP contribution in [-0.4, -0.2) is 22.5 Å². The Balaban J connectivity index is 3.35. The molecule has 0 saturated heterocycles. The summed E-state index contributed by atoms with van der Waals surface area (Å²) >= 11 is 0. The van der Waals surface area contributed by atoms with E-state index >= 15 is 0 Å². The monoisotopic (exact) mass is 119 g/mol. The van der Waals surface area contributed by atoms with Crippen molar-refractivity contribution >= 4 is 16.5 Å². The van der Waals surface area contributed by atoms with E-state index in [2.05, 4.69) is 4.43 Å². The molecule has 0 unspecified atom stereocenters. The summed E-state index contributed by atoms with van der Waals surface area (Å²) in [5.41, 5.74) is 5.09. The molecule has 0 rings (SSSR count). The molecular weight excluding hydrogens is 110 g/mol. The van der Waals surface area contributed by atoms with Crippen LogP contribution in [0.15, 0.2) is 0 Å². The van der Waals surface area contributed by atoms with Gasteiger partial charge in [-0.25, -0.2) is 0 Å². The Hall–Kier alpha value is -0.353. The lowest BCUT2D eigenvalue weighted by atomic mass is 10.4. The first-order chi connectivity index (χ1) is 3.18. The maximum atomic E-state index is 10.2. The van der Waals surface area contributed by atoms with Gasteiger partial charge in [-0.2, -0.15) is 0 Å². The second kappa shape index (κ2) is 2.76. The highest BCUT2D eigenvalue weighted by Crippen LogP contribution is 1.75. The predicted octanol–water partition coefficient (Wildman–Crippen LogP) is -1.84. The highest BCUT2D eigenvalue weighted by molar-refractivity contribution is 6.06. The van der Waals surface area contributed by atoms with Crippen molar-refractivity contribution in [2.24, 2.45) is 5.73 Å². The molecule has 0 saturated carbocycles. The normalized spacial score (nSPS) is 13.4. The maximum absolute atomic E-state index is 10.2. The van der Waals surface area contributed by atoms with Crippen LogP contribution in [0.4, 0.5) is 0 Å². The Kier molecular flexibility index (Phi) is 2.62. The summed E-state index contributed by atoms with van der Waals surface area (Å²) < 4.78 is 4.39. The van der Waals surface area contributed by atoms with Gasteiger partial charge in [-0.15, -0.1) is 0 Å². The molecule has 0 aromatic carbocycles. The van der Waals surface area contributed by atoms with Crippen LogP contribution in [0.1, 0.15) is 6.92 Å². The number of hydrogen-bond donors (Lipinski definition) is 1. The van der Waals surface area contributed by atoms with E-state index in [9.17, 15) is 4.79 Å². The zero-order valence-corrected chi connectivity index (χ0v) is 6.47. The summed E-state index contributed by atoms with van der Waals surface area (Å²) in [6, 6.07) is -0.461. The van der Waals surface area contributed by atoms with Gasteiger partial charge in [0.2, 0.25) is 10.5 Å². The molecular formula is C3H9NO2Si. The zero-order chi connectivity index (χ0) is 5.86. The van der Waals surface area contributed by atoms with Crippen LogP contribution >= 0.6 is 0 Å². The minimum absolute atomic E-state index is 0.313. The number of carbonyl (C=O) groups excluding carboxylic acids is 1. The Labute approximate surface area is 45.4 Å². The second-order valence-electron chi connectivity index (χ2n) is 1.31. The molecule has 0 aromatic rings. The molecule has 0 aliphatic carbocycles. The summed E-state index contributed by atoms with van der Waals surface area (Å²) in [6.45, 7) is 1.60. The van der Waals surface area contributed by atoms with Gasteiger partial charge in [-0.3, -0.25) is 4.79 Å². The van der Waals surface area contributed by atoms with Gasteiger partial charge in [-0.05, 0) is 6.92 Å². The lowest BCUT2D eigenvalue weighted by molar-refractivity contribution is -0.135. The van der Waals surface area contributed by atoms with Gasteiger partial charge in [0, 0.05) is 0 Å². The van der Waals surface area contributed by atoms with Crippen molar-refractivity contribution in [1.82, 2.24) is 0 Å². The molecule has 0 amide bonds. The van der Waals surface area contributed by atoms with E-state index in [1.165, 1.54) is 0 Å². The third-order valence-electron chi connectivity index (χ3n) is 0.573. The fourth-order valence-electron chi connectivity index (χ4n) is 0.186. The highest BCUT2D eigenvalue weighted by atomic mass is 28.2. The van der Waals surface area contributed by atoms with E-state index in [4.69, 9.17) is 5.73 Å². The summed E-state index contributed by atoms with van der Waals surface area (Å²) in [7, 11) is 0.441. The van der Waals surface area contributed by atoms with Crippen molar-refractivity contribution < 1.29 is 9.22 Å². The summed E-state index contributed by atoms with van der Waals surface area (Å²) in [5.74, 6) is -0.313. The first kappa shape index (κ1) is 6.65. The van der Waals surface area contributed by atoms with E-state index in [0.717, 1.165) is 0 Å². The smallest absolute Gasteiger partial charge is 0.308 e. The average Bonchev–Trinajstić information content (AvgIpc) is 1.65. The van der Waals surface area contributed by atoms with E-state index in [0.29, 0.717) is 10.5 Å². The van der Waals surface area contributed by atoms with Gasteiger partial charge in [0.05, 0.1) is 6.04 Å². The maximum Gasteiger partial charge on any atom is 0.308 e. The molecule has 7 heavy (non-hydrogen) atoms. The highest BCUT2D eigenvalue weighted by Gasteiger charge is 2.02. The molecule has 0 aromatic heterocycles. The number of carbonyl (C=O) groups is 1. The van der Waals surface area contributed by atoms with Crippen LogP contribution in [0.5, 0.6) is 0 Å². The average molecular weight is 119 g/mol. The summed E-state index contributed by atoms with van der Waals surface area (Å²) in [6.07, 6.45) is 0. The lowest BCUT2D eigenvalue weighted by Gasteiger charge is -1.99. The van der Waals surface area contributed by atoms with Gasteiger partial charge in [-0.1, -0.05) is 0 Å². The fourth-order valence-corrected chi connectivity index (χ4v) is 0.558. The molecule has 42 valence electrons. The van der Waals surface area contributed by atoms with Gasteiger partial charge in [0.1, 0.15) is 0 Å². The third kappa shape index (κ3) is 2.36. The summed E-state index contributed by atoms with van der Waals surface area (Å²) in [4.78, 5) is 10.2. The van der Waals surface area contributed by atoms with Crippen LogP contribution in [0.25, 0.3) is 0 Å². The summed E-state index contributed by atoms with van der Waals surface area (Å²) in [5, 5.41) is 0. The topological polar surface area (TPSA) is 52.3 Å². The number of hydrogen-bond acceptors (Lipinski definition) is 3. The number of rotatable bonds is 1. The quantitative estimate of drug-likeness (QED) is 0.413. The SMILES string of the molecule is C[C@@H](N)C(=O)O[SiH3]. The predicted molar refractivity (Wildman–Crippen MR) is 29.7 cm³/mol. The van der Waals surface area contributed by atoms with Crippen molar-refractivity contribution in [2.45, 2.75) is 13.0 Å². The lowest BCUT2D eigenvalue weighted by Crippen LogP contribution is -2.27. The Morgan fingerprint density at radius 2 is 2.43 bits per heavy atom. The molecule has 4 heteroatoms. The van der Waals surface area contributed by atoms with E-state index in [1.807, 2.05) is 0 Å². The Morgan fingerprint density at radius 3 is 2.43 bits per heavy atom. The van der Waals surface area contributed by atoms with Crippen molar-refractivity contribution in [2.75, 3.05) is 0 Å². The van der Waals surface area contributed by atoms with Crippen LogP contribution in [0.3, 0.4) is 0 Å². The van der Waals surface area contributed by atoms with Gasteiger partial charge < -0.3 is 10.2 Å². The minimum Gasteiger partial charge on any atom is -0.528 e. The molecule has 0 heterocycles. The minimum atomic E-state index is -0.461. The van der Waals surface area contributed by atoms with Gasteiger partial charge in [0.25, 0.3) is 0 Å². The molecule has 0 aliphatic rings. The third-order valence-corrected chi connectivity index (χ3v) is 0.975. The van der Waals surface area contributed by atoms with Gasteiger partial charge >= 0.3 is 5.97 Å². The zero-order valence-electron chi connectivity index (χ0n) is 4.47. The molecule has 3 nitrogen and oxygen atoms in total. The van der Waals surface area contributed by atoms with E-state index in [-0.39, 0.29) is 5.97 Å². The standard InChI is InChI=1S/C3H9NO2Si/c1-2(4)3(5)6-7/h2H,4H2,1,7H3/t2-/m1/s1. The van der Waals surface area contributed by atoms with Crippen LogP contribution < -0.4 is 5.73 Å².